The number of hydrogen-bond donors (Lipinski definition) is 2. The Balaban J connectivity index is 1.59. The number of carbonyl (C=O) groups is 1. The Bertz CT molecular complexity index is 639. The molecule has 1 aliphatic rings. The summed E-state index contributed by atoms with van der Waals surface area (Å²) in [6, 6.07) is 12.4. The first-order valence-electron chi connectivity index (χ1n) is 7.87. The molecule has 0 saturated carbocycles. The molecule has 2 heterocycles. The van der Waals surface area contributed by atoms with Crippen molar-refractivity contribution in [1.29, 1.82) is 0 Å². The third-order valence-electron chi connectivity index (χ3n) is 4.03. The van der Waals surface area contributed by atoms with Gasteiger partial charge in [0.15, 0.2) is 0 Å². The molecular weight excluding hydrogens is 306 g/mol. The lowest BCUT2D eigenvalue weighted by molar-refractivity contribution is 0.102. The minimum absolute atomic E-state index is 0.116. The van der Waals surface area contributed by atoms with Crippen molar-refractivity contribution < 1.29 is 4.79 Å². The maximum absolute atomic E-state index is 12.1. The highest BCUT2D eigenvalue weighted by Gasteiger charge is 2.18. The van der Waals surface area contributed by atoms with Crippen LogP contribution in [0.3, 0.4) is 0 Å². The molecule has 1 aliphatic heterocycles. The van der Waals surface area contributed by atoms with E-state index in [1.54, 1.807) is 24.5 Å². The van der Waals surface area contributed by atoms with E-state index in [2.05, 4.69) is 34.7 Å². The van der Waals surface area contributed by atoms with Gasteiger partial charge in [0.25, 0.3) is 5.91 Å². The maximum Gasteiger partial charge on any atom is 0.255 e. The second-order valence-electron chi connectivity index (χ2n) is 5.76. The fraction of sp³-hybridized carbons (Fsp3) is 0.333. The summed E-state index contributed by atoms with van der Waals surface area (Å²) in [5.74, 6) is 2.34. The number of anilines is 1. The number of amides is 1. The summed E-state index contributed by atoms with van der Waals surface area (Å²) in [6.45, 7) is 2.19. The number of carbonyl (C=O) groups excluding carboxylic acids is 1. The van der Waals surface area contributed by atoms with Gasteiger partial charge in [0, 0.05) is 41.5 Å². The fourth-order valence-corrected chi connectivity index (χ4v) is 3.84. The molecule has 23 heavy (non-hydrogen) atoms. The Morgan fingerprint density at radius 2 is 1.96 bits per heavy atom. The van der Waals surface area contributed by atoms with Crippen molar-refractivity contribution in [2.24, 2.45) is 0 Å². The van der Waals surface area contributed by atoms with E-state index in [0.29, 0.717) is 17.6 Å². The standard InChI is InChI=1S/C18H21N3OS/c1-13(20-17-8-11-23-12-17)14-2-4-16(5-3-14)21-18(22)15-6-9-19-10-7-15/h2-7,9-10,13,17,20H,8,11-12H2,1H3,(H,21,22)/t13-,17+/m0/s1. The number of benzene rings is 1. The summed E-state index contributed by atoms with van der Waals surface area (Å²) in [6.07, 6.45) is 4.48. The van der Waals surface area contributed by atoms with Gasteiger partial charge in [-0.3, -0.25) is 9.78 Å². The summed E-state index contributed by atoms with van der Waals surface area (Å²) >= 11 is 2.01. The van der Waals surface area contributed by atoms with Crippen LogP contribution in [-0.4, -0.2) is 28.4 Å². The van der Waals surface area contributed by atoms with Crippen molar-refractivity contribution in [3.05, 3.63) is 59.9 Å². The average Bonchev–Trinajstić information content (AvgIpc) is 3.09. The van der Waals surface area contributed by atoms with Crippen LogP contribution < -0.4 is 10.6 Å². The molecule has 0 aliphatic carbocycles. The van der Waals surface area contributed by atoms with Crippen LogP contribution in [-0.2, 0) is 0 Å². The summed E-state index contributed by atoms with van der Waals surface area (Å²) in [7, 11) is 0. The highest BCUT2D eigenvalue weighted by atomic mass is 32.2. The molecule has 1 saturated heterocycles. The molecule has 5 heteroatoms. The first-order chi connectivity index (χ1) is 11.2. The van der Waals surface area contributed by atoms with Crippen molar-refractivity contribution in [1.82, 2.24) is 10.3 Å². The lowest BCUT2D eigenvalue weighted by atomic mass is 10.1. The van der Waals surface area contributed by atoms with Crippen molar-refractivity contribution in [3.8, 4) is 0 Å². The Hall–Kier alpha value is -1.85. The average molecular weight is 327 g/mol. The minimum Gasteiger partial charge on any atom is -0.322 e. The van der Waals surface area contributed by atoms with Crippen molar-refractivity contribution in [3.63, 3.8) is 0 Å². The lowest BCUT2D eigenvalue weighted by Crippen LogP contribution is -2.31. The zero-order valence-corrected chi connectivity index (χ0v) is 14.0. The topological polar surface area (TPSA) is 54.0 Å². The van der Waals surface area contributed by atoms with Gasteiger partial charge in [-0.05, 0) is 48.9 Å². The minimum atomic E-state index is -0.116. The SMILES string of the molecule is C[C@H](N[C@@H]1CCSC1)c1ccc(NC(=O)c2ccncc2)cc1. The molecule has 0 spiro atoms. The predicted octanol–water partition coefficient (Wildman–Crippen LogP) is 3.49. The van der Waals surface area contributed by atoms with Crippen LogP contribution in [0.2, 0.25) is 0 Å². The van der Waals surface area contributed by atoms with Crippen LogP contribution in [0.1, 0.15) is 35.3 Å². The molecule has 1 aromatic carbocycles. The molecule has 4 nitrogen and oxygen atoms in total. The number of pyridine rings is 1. The smallest absolute Gasteiger partial charge is 0.255 e. The monoisotopic (exact) mass is 327 g/mol. The second-order valence-corrected chi connectivity index (χ2v) is 6.91. The van der Waals surface area contributed by atoms with Crippen LogP contribution in [0, 0.1) is 0 Å². The zero-order chi connectivity index (χ0) is 16.1. The van der Waals surface area contributed by atoms with Gasteiger partial charge in [-0.1, -0.05) is 12.1 Å². The Morgan fingerprint density at radius 3 is 2.61 bits per heavy atom. The second kappa shape index (κ2) is 7.62. The number of rotatable bonds is 5. The molecule has 0 unspecified atom stereocenters. The molecule has 2 N–H and O–H groups in total. The largest absolute Gasteiger partial charge is 0.322 e. The molecule has 1 amide bonds. The van der Waals surface area contributed by atoms with E-state index in [9.17, 15) is 4.79 Å². The molecule has 2 atom stereocenters. The first kappa shape index (κ1) is 16.0. The van der Waals surface area contributed by atoms with E-state index in [1.165, 1.54) is 23.5 Å². The third-order valence-corrected chi connectivity index (χ3v) is 5.19. The molecule has 0 bridgehead atoms. The van der Waals surface area contributed by atoms with Crippen LogP contribution in [0.5, 0.6) is 0 Å². The van der Waals surface area contributed by atoms with E-state index in [0.717, 1.165) is 5.69 Å². The predicted molar refractivity (Wildman–Crippen MR) is 95.9 cm³/mol. The van der Waals surface area contributed by atoms with Gasteiger partial charge in [0.1, 0.15) is 0 Å². The molecule has 1 fully saturated rings. The van der Waals surface area contributed by atoms with Crippen molar-refractivity contribution in [2.75, 3.05) is 16.8 Å². The number of aromatic nitrogens is 1. The Kier molecular flexibility index (Phi) is 5.31. The van der Waals surface area contributed by atoms with Crippen LogP contribution >= 0.6 is 11.8 Å². The summed E-state index contributed by atoms with van der Waals surface area (Å²) in [5.41, 5.74) is 2.65. The molecule has 2 aromatic rings. The van der Waals surface area contributed by atoms with E-state index >= 15 is 0 Å². The maximum atomic E-state index is 12.1. The summed E-state index contributed by atoms with van der Waals surface area (Å²) in [5, 5.41) is 6.57. The van der Waals surface area contributed by atoms with Crippen LogP contribution in [0.4, 0.5) is 5.69 Å². The zero-order valence-electron chi connectivity index (χ0n) is 13.2. The van der Waals surface area contributed by atoms with Gasteiger partial charge in [-0.2, -0.15) is 11.8 Å². The number of thioether (sulfide) groups is 1. The Labute approximate surface area is 141 Å². The van der Waals surface area contributed by atoms with Gasteiger partial charge >= 0.3 is 0 Å². The van der Waals surface area contributed by atoms with Gasteiger partial charge < -0.3 is 10.6 Å². The molecule has 1 aromatic heterocycles. The summed E-state index contributed by atoms with van der Waals surface area (Å²) in [4.78, 5) is 16.0. The molecular formula is C18H21N3OS. The van der Waals surface area contributed by atoms with Gasteiger partial charge in [0.05, 0.1) is 0 Å². The number of hydrogen-bond acceptors (Lipinski definition) is 4. The fourth-order valence-electron chi connectivity index (χ4n) is 2.68. The van der Waals surface area contributed by atoms with Gasteiger partial charge in [-0.15, -0.1) is 0 Å². The molecule has 120 valence electrons. The highest BCUT2D eigenvalue weighted by Crippen LogP contribution is 2.22. The van der Waals surface area contributed by atoms with Crippen molar-refractivity contribution >= 4 is 23.4 Å². The highest BCUT2D eigenvalue weighted by molar-refractivity contribution is 7.99. The molecule has 3 rings (SSSR count). The van der Waals surface area contributed by atoms with Crippen molar-refractivity contribution in [2.45, 2.75) is 25.4 Å². The molecule has 0 radical (unpaired) electrons. The normalized spacial score (nSPS) is 18.6. The van der Waals surface area contributed by atoms with E-state index in [-0.39, 0.29) is 5.91 Å². The van der Waals surface area contributed by atoms with Gasteiger partial charge in [-0.25, -0.2) is 0 Å². The third kappa shape index (κ3) is 4.33. The van der Waals surface area contributed by atoms with Crippen LogP contribution in [0.25, 0.3) is 0 Å². The number of nitrogens with one attached hydrogen (secondary N) is 2. The van der Waals surface area contributed by atoms with E-state index in [1.807, 2.05) is 23.9 Å². The van der Waals surface area contributed by atoms with E-state index in [4.69, 9.17) is 0 Å². The quantitative estimate of drug-likeness (QED) is 0.883. The Morgan fingerprint density at radius 1 is 1.22 bits per heavy atom. The summed E-state index contributed by atoms with van der Waals surface area (Å²) < 4.78 is 0. The lowest BCUT2D eigenvalue weighted by Gasteiger charge is -2.19. The van der Waals surface area contributed by atoms with E-state index < -0.39 is 0 Å². The van der Waals surface area contributed by atoms with Gasteiger partial charge in [0.2, 0.25) is 0 Å². The first-order valence-corrected chi connectivity index (χ1v) is 9.03. The van der Waals surface area contributed by atoms with Crippen LogP contribution in [0.15, 0.2) is 48.8 Å². The number of nitrogens with zero attached hydrogens (tertiary/aromatic N) is 1.